The van der Waals surface area contributed by atoms with E-state index >= 15 is 0 Å². The van der Waals surface area contributed by atoms with Gasteiger partial charge in [0.2, 0.25) is 0 Å². The van der Waals surface area contributed by atoms with E-state index in [2.05, 4.69) is 26.1 Å². The molecule has 0 unspecified atom stereocenters. The fraction of sp³-hybridized carbons (Fsp3) is 0.920. The summed E-state index contributed by atoms with van der Waals surface area (Å²) in [5.74, 6) is 1.34. The van der Waals surface area contributed by atoms with Crippen molar-refractivity contribution in [2.24, 2.45) is 11.8 Å². The summed E-state index contributed by atoms with van der Waals surface area (Å²) in [6.07, 6.45) is 17.2. The van der Waals surface area contributed by atoms with Gasteiger partial charge < -0.3 is 10.4 Å². The Hall–Kier alpha value is -1.10. The molecule has 1 amide bonds. The molecule has 2 rings (SSSR count). The number of nitrogens with one attached hydrogen (secondary N) is 2. The lowest BCUT2D eigenvalue weighted by Crippen LogP contribution is -2.49. The third-order valence-corrected chi connectivity index (χ3v) is 7.21. The predicted octanol–water partition coefficient (Wildman–Crippen LogP) is 5.61. The highest BCUT2D eigenvalue weighted by atomic mass is 16.3. The molecule has 1 saturated heterocycles. The topological polar surface area (TPSA) is 76.4 Å². The van der Waals surface area contributed by atoms with Gasteiger partial charge in [0.05, 0.1) is 12.6 Å². The molecule has 5 heteroatoms. The highest BCUT2D eigenvalue weighted by molar-refractivity contribution is 6.08. The van der Waals surface area contributed by atoms with E-state index in [-0.39, 0.29) is 24.5 Å². The van der Waals surface area contributed by atoms with Crippen LogP contribution in [0.1, 0.15) is 117 Å². The predicted molar refractivity (Wildman–Crippen MR) is 125 cm³/mol. The van der Waals surface area contributed by atoms with Gasteiger partial charge in [-0.05, 0) is 37.5 Å². The van der Waals surface area contributed by atoms with Crippen molar-refractivity contribution in [3.05, 3.63) is 0 Å². The van der Waals surface area contributed by atoms with Crippen molar-refractivity contribution in [3.8, 4) is 0 Å². The van der Waals surface area contributed by atoms with Crippen molar-refractivity contribution in [2.75, 3.05) is 6.61 Å². The first-order valence-electron chi connectivity index (χ1n) is 12.7. The van der Waals surface area contributed by atoms with E-state index in [4.69, 9.17) is 5.41 Å². The number of amides is 1. The molecule has 30 heavy (non-hydrogen) atoms. The van der Waals surface area contributed by atoms with Crippen LogP contribution in [0.5, 0.6) is 0 Å². The van der Waals surface area contributed by atoms with Crippen LogP contribution in [0.25, 0.3) is 0 Å². The van der Waals surface area contributed by atoms with Gasteiger partial charge in [0.25, 0.3) is 5.91 Å². The average molecular weight is 422 g/mol. The van der Waals surface area contributed by atoms with Gasteiger partial charge in [-0.15, -0.1) is 0 Å². The van der Waals surface area contributed by atoms with Gasteiger partial charge >= 0.3 is 0 Å². The third kappa shape index (κ3) is 6.96. The maximum atomic E-state index is 13.7. The van der Waals surface area contributed by atoms with Gasteiger partial charge in [0.1, 0.15) is 5.54 Å². The van der Waals surface area contributed by atoms with Crippen LogP contribution in [0.2, 0.25) is 0 Å². The largest absolute Gasteiger partial charge is 0.394 e. The number of aliphatic hydroxyl groups excluding tert-OH is 1. The van der Waals surface area contributed by atoms with Gasteiger partial charge in [0, 0.05) is 0 Å². The van der Waals surface area contributed by atoms with E-state index in [0.29, 0.717) is 5.92 Å². The van der Waals surface area contributed by atoms with Crippen LogP contribution in [0.3, 0.4) is 0 Å². The molecule has 0 aromatic heterocycles. The van der Waals surface area contributed by atoms with Crippen LogP contribution in [0.15, 0.2) is 0 Å². The van der Waals surface area contributed by atoms with Crippen LogP contribution in [-0.4, -0.2) is 40.1 Å². The molecular weight excluding hydrogens is 374 g/mol. The molecule has 1 heterocycles. The lowest BCUT2D eigenvalue weighted by atomic mass is 9.79. The van der Waals surface area contributed by atoms with Gasteiger partial charge in [-0.2, -0.15) is 0 Å². The number of carbonyl (C=O) groups excluding carboxylic acids is 1. The summed E-state index contributed by atoms with van der Waals surface area (Å²) < 4.78 is 0. The molecule has 174 valence electrons. The quantitative estimate of drug-likeness (QED) is 0.319. The molecule has 0 aromatic carbocycles. The Morgan fingerprint density at radius 2 is 1.77 bits per heavy atom. The second-order valence-corrected chi connectivity index (χ2v) is 10.3. The monoisotopic (exact) mass is 421 g/mol. The molecule has 5 nitrogen and oxygen atoms in total. The maximum Gasteiger partial charge on any atom is 0.255 e. The van der Waals surface area contributed by atoms with Crippen molar-refractivity contribution < 1.29 is 9.90 Å². The van der Waals surface area contributed by atoms with Gasteiger partial charge in [0.15, 0.2) is 5.96 Å². The zero-order valence-corrected chi connectivity index (χ0v) is 19.8. The Kier molecular flexibility index (Phi) is 10.6. The summed E-state index contributed by atoms with van der Waals surface area (Å²) in [6, 6.07) is -0.293. The number of hydrogen-bond acceptors (Lipinski definition) is 3. The number of rotatable bonds is 14. The molecule has 0 spiro atoms. The van der Waals surface area contributed by atoms with Gasteiger partial charge in [-0.1, -0.05) is 91.4 Å². The van der Waals surface area contributed by atoms with Gasteiger partial charge in [-0.3, -0.25) is 15.1 Å². The van der Waals surface area contributed by atoms with Crippen LogP contribution in [0, 0.1) is 17.2 Å². The molecular formula is C25H47N3O2. The second kappa shape index (κ2) is 12.7. The lowest BCUT2D eigenvalue weighted by molar-refractivity contribution is -0.134. The second-order valence-electron chi connectivity index (χ2n) is 10.3. The van der Waals surface area contributed by atoms with Crippen molar-refractivity contribution in [2.45, 2.75) is 129 Å². The number of nitrogens with zero attached hydrogens (tertiary/aromatic N) is 1. The summed E-state index contributed by atoms with van der Waals surface area (Å²) in [4.78, 5) is 15.3. The van der Waals surface area contributed by atoms with Crippen molar-refractivity contribution >= 4 is 11.9 Å². The minimum atomic E-state index is -0.635. The number of carbonyl (C=O) groups is 1. The number of unbranched alkanes of at least 4 members (excludes halogenated alkanes) is 5. The Balaban J connectivity index is 2.06. The van der Waals surface area contributed by atoms with E-state index in [1.165, 1.54) is 57.8 Å². The fourth-order valence-electron chi connectivity index (χ4n) is 5.42. The molecule has 2 fully saturated rings. The normalized spacial score (nSPS) is 24.0. The molecule has 1 aliphatic carbocycles. The molecule has 2 atom stereocenters. The van der Waals surface area contributed by atoms with Crippen LogP contribution in [-0.2, 0) is 4.79 Å². The van der Waals surface area contributed by atoms with E-state index in [0.717, 1.165) is 44.4 Å². The standard InChI is InChI=1S/C25H47N3O2/c1-4-5-6-7-8-12-16-25(17-15-21-13-10-9-11-14-21)23(30)28(24(26)27-25)22(19-29)18-20(2)3/h20-22,29H,4-19H2,1-3H3,(H2,26,27)/t22-,25+/m1/s1. The highest BCUT2D eigenvalue weighted by Gasteiger charge is 2.50. The lowest BCUT2D eigenvalue weighted by Gasteiger charge is -2.32. The van der Waals surface area contributed by atoms with Crippen molar-refractivity contribution in [3.63, 3.8) is 0 Å². The van der Waals surface area contributed by atoms with Crippen LogP contribution >= 0.6 is 0 Å². The Morgan fingerprint density at radius 1 is 1.10 bits per heavy atom. The first kappa shape index (κ1) is 25.2. The molecule has 0 aromatic rings. The first-order valence-corrected chi connectivity index (χ1v) is 12.7. The minimum Gasteiger partial charge on any atom is -0.394 e. The summed E-state index contributed by atoms with van der Waals surface area (Å²) in [5, 5.41) is 21.8. The summed E-state index contributed by atoms with van der Waals surface area (Å²) in [5.41, 5.74) is -0.635. The summed E-state index contributed by atoms with van der Waals surface area (Å²) >= 11 is 0. The smallest absolute Gasteiger partial charge is 0.255 e. The SMILES string of the molecule is CCCCCCCC[C@@]1(CCC2CCCCC2)NC(=N)N([C@@H](CO)CC(C)C)C1=O. The third-order valence-electron chi connectivity index (χ3n) is 7.21. The molecule has 3 N–H and O–H groups in total. The summed E-state index contributed by atoms with van der Waals surface area (Å²) in [6.45, 7) is 6.36. The van der Waals surface area contributed by atoms with Crippen LogP contribution < -0.4 is 5.32 Å². The fourth-order valence-corrected chi connectivity index (χ4v) is 5.42. The number of guanidine groups is 1. The molecule has 1 aliphatic heterocycles. The molecule has 1 saturated carbocycles. The van der Waals surface area contributed by atoms with Crippen LogP contribution in [0.4, 0.5) is 0 Å². The van der Waals surface area contributed by atoms with E-state index in [1.807, 2.05) is 0 Å². The van der Waals surface area contributed by atoms with E-state index in [9.17, 15) is 9.90 Å². The Morgan fingerprint density at radius 3 is 2.40 bits per heavy atom. The molecule has 2 aliphatic rings. The molecule has 0 radical (unpaired) electrons. The highest BCUT2D eigenvalue weighted by Crippen LogP contribution is 2.35. The Bertz CT molecular complexity index is 530. The average Bonchev–Trinajstić information content (AvgIpc) is 2.98. The number of hydrogen-bond donors (Lipinski definition) is 3. The number of aliphatic hydroxyl groups is 1. The zero-order chi connectivity index (χ0) is 22.0. The zero-order valence-electron chi connectivity index (χ0n) is 19.8. The minimum absolute atomic E-state index is 0.0385. The molecule has 0 bridgehead atoms. The van der Waals surface area contributed by atoms with Gasteiger partial charge in [-0.25, -0.2) is 0 Å². The van der Waals surface area contributed by atoms with E-state index < -0.39 is 5.54 Å². The van der Waals surface area contributed by atoms with E-state index in [1.54, 1.807) is 4.90 Å². The first-order chi connectivity index (χ1) is 14.4. The summed E-state index contributed by atoms with van der Waals surface area (Å²) in [7, 11) is 0. The van der Waals surface area contributed by atoms with Crippen molar-refractivity contribution in [1.29, 1.82) is 5.41 Å². The van der Waals surface area contributed by atoms with Crippen molar-refractivity contribution in [1.82, 2.24) is 10.2 Å². The Labute approximate surface area is 184 Å². The maximum absolute atomic E-state index is 13.7.